The number of benzene rings is 1. The average molecular weight is 298 g/mol. The number of rotatable bonds is 7. The van der Waals surface area contributed by atoms with E-state index in [4.69, 9.17) is 0 Å². The van der Waals surface area contributed by atoms with Crippen molar-refractivity contribution in [1.82, 2.24) is 10.0 Å². The highest BCUT2D eigenvalue weighted by Crippen LogP contribution is 2.15. The quantitative estimate of drug-likeness (QED) is 0.811. The number of nitrogens with one attached hydrogen (secondary N) is 2. The van der Waals surface area contributed by atoms with Crippen LogP contribution in [0.2, 0.25) is 0 Å². The Labute approximate surface area is 123 Å². The molecule has 0 amide bonds. The molecule has 0 aliphatic heterocycles. The summed E-state index contributed by atoms with van der Waals surface area (Å²) in [5, 5.41) is 3.37. The van der Waals surface area contributed by atoms with Crippen LogP contribution in [-0.2, 0) is 16.4 Å². The van der Waals surface area contributed by atoms with Crippen molar-refractivity contribution in [2.24, 2.45) is 0 Å². The molecule has 0 aliphatic rings. The van der Waals surface area contributed by atoms with Gasteiger partial charge in [-0.15, -0.1) is 0 Å². The molecule has 0 saturated carbocycles. The van der Waals surface area contributed by atoms with Gasteiger partial charge in [0, 0.05) is 18.1 Å². The Morgan fingerprint density at radius 3 is 2.20 bits per heavy atom. The van der Waals surface area contributed by atoms with Crippen molar-refractivity contribution in [1.29, 1.82) is 0 Å². The molecular weight excluding hydrogens is 272 g/mol. The maximum Gasteiger partial charge on any atom is 0.209 e. The van der Waals surface area contributed by atoms with E-state index in [1.54, 1.807) is 0 Å². The van der Waals surface area contributed by atoms with Gasteiger partial charge >= 0.3 is 0 Å². The Balaban J connectivity index is 2.59. The van der Waals surface area contributed by atoms with Gasteiger partial charge in [0.1, 0.15) is 0 Å². The minimum Gasteiger partial charge on any atom is -0.308 e. The van der Waals surface area contributed by atoms with E-state index in [1.807, 2.05) is 13.8 Å². The second-order valence-electron chi connectivity index (χ2n) is 5.96. The fraction of sp³-hybridized carbons (Fsp3) is 0.600. The summed E-state index contributed by atoms with van der Waals surface area (Å²) in [6.45, 7) is 8.52. The van der Waals surface area contributed by atoms with Crippen LogP contribution in [0.3, 0.4) is 0 Å². The van der Waals surface area contributed by atoms with Crippen LogP contribution in [-0.4, -0.2) is 26.8 Å². The van der Waals surface area contributed by atoms with Gasteiger partial charge in [-0.05, 0) is 38.3 Å². The summed E-state index contributed by atoms with van der Waals surface area (Å²) in [6.07, 6.45) is 2.22. The summed E-state index contributed by atoms with van der Waals surface area (Å²) >= 11 is 0. The van der Waals surface area contributed by atoms with E-state index in [1.165, 1.54) is 17.4 Å². The minimum absolute atomic E-state index is 0.182. The predicted octanol–water partition coefficient (Wildman–Crippen LogP) is 2.23. The topological polar surface area (TPSA) is 58.2 Å². The lowest BCUT2D eigenvalue weighted by Gasteiger charge is -2.27. The molecule has 0 radical (unpaired) electrons. The molecule has 0 bridgehead atoms. The zero-order valence-electron chi connectivity index (χ0n) is 13.0. The SMILES string of the molecule is CCc1ccc(C(C)NCC(C)(C)NS(C)(=O)=O)cc1. The first-order valence-corrected chi connectivity index (χ1v) is 8.83. The van der Waals surface area contributed by atoms with E-state index in [9.17, 15) is 8.42 Å². The maximum atomic E-state index is 11.3. The second-order valence-corrected chi connectivity index (χ2v) is 7.70. The molecule has 114 valence electrons. The lowest BCUT2D eigenvalue weighted by Crippen LogP contribution is -2.50. The van der Waals surface area contributed by atoms with E-state index < -0.39 is 15.6 Å². The fourth-order valence-electron chi connectivity index (χ4n) is 2.11. The number of hydrogen-bond donors (Lipinski definition) is 2. The van der Waals surface area contributed by atoms with Gasteiger partial charge in [0.2, 0.25) is 10.0 Å². The molecule has 0 spiro atoms. The van der Waals surface area contributed by atoms with Gasteiger partial charge < -0.3 is 5.32 Å². The van der Waals surface area contributed by atoms with Gasteiger partial charge in [0.05, 0.1) is 6.26 Å². The highest BCUT2D eigenvalue weighted by molar-refractivity contribution is 7.88. The van der Waals surface area contributed by atoms with E-state index >= 15 is 0 Å². The van der Waals surface area contributed by atoms with Crippen molar-refractivity contribution in [2.45, 2.75) is 45.7 Å². The van der Waals surface area contributed by atoms with Crippen LogP contribution in [0.25, 0.3) is 0 Å². The molecule has 1 aromatic carbocycles. The van der Waals surface area contributed by atoms with Gasteiger partial charge in [0.25, 0.3) is 0 Å². The molecule has 0 fully saturated rings. The van der Waals surface area contributed by atoms with Gasteiger partial charge in [-0.25, -0.2) is 13.1 Å². The minimum atomic E-state index is -3.19. The predicted molar refractivity (Wildman–Crippen MR) is 84.3 cm³/mol. The molecule has 20 heavy (non-hydrogen) atoms. The number of sulfonamides is 1. The first-order chi connectivity index (χ1) is 9.13. The van der Waals surface area contributed by atoms with Gasteiger partial charge in [-0.3, -0.25) is 0 Å². The Bertz CT molecular complexity index is 521. The van der Waals surface area contributed by atoms with Crippen molar-refractivity contribution >= 4 is 10.0 Å². The third-order valence-electron chi connectivity index (χ3n) is 3.20. The van der Waals surface area contributed by atoms with Gasteiger partial charge in [0.15, 0.2) is 0 Å². The third kappa shape index (κ3) is 6.03. The number of aryl methyl sites for hydroxylation is 1. The van der Waals surface area contributed by atoms with E-state index in [-0.39, 0.29) is 6.04 Å². The summed E-state index contributed by atoms with van der Waals surface area (Å²) in [4.78, 5) is 0. The molecule has 1 unspecified atom stereocenters. The molecule has 1 aromatic rings. The molecule has 0 heterocycles. The van der Waals surface area contributed by atoms with E-state index in [0.29, 0.717) is 6.54 Å². The molecule has 1 rings (SSSR count). The van der Waals surface area contributed by atoms with Crippen LogP contribution < -0.4 is 10.0 Å². The van der Waals surface area contributed by atoms with E-state index in [0.717, 1.165) is 6.42 Å². The zero-order valence-corrected chi connectivity index (χ0v) is 13.8. The highest BCUT2D eigenvalue weighted by atomic mass is 32.2. The van der Waals surface area contributed by atoms with Crippen molar-refractivity contribution in [3.63, 3.8) is 0 Å². The highest BCUT2D eigenvalue weighted by Gasteiger charge is 2.22. The number of hydrogen-bond acceptors (Lipinski definition) is 3. The summed E-state index contributed by atoms with van der Waals surface area (Å²) in [7, 11) is -3.19. The van der Waals surface area contributed by atoms with E-state index in [2.05, 4.69) is 48.2 Å². The van der Waals surface area contributed by atoms with Crippen LogP contribution in [0.4, 0.5) is 0 Å². The molecule has 5 heteroatoms. The van der Waals surface area contributed by atoms with Crippen LogP contribution in [0.15, 0.2) is 24.3 Å². The lowest BCUT2D eigenvalue weighted by atomic mass is 10.0. The summed E-state index contributed by atoms with van der Waals surface area (Å²) in [5.41, 5.74) is 2.02. The Morgan fingerprint density at radius 1 is 1.20 bits per heavy atom. The molecule has 0 saturated heterocycles. The molecule has 1 atom stereocenters. The van der Waals surface area contributed by atoms with Gasteiger partial charge in [-0.2, -0.15) is 0 Å². The van der Waals surface area contributed by atoms with Crippen LogP contribution in [0.1, 0.15) is 44.9 Å². The van der Waals surface area contributed by atoms with Crippen molar-refractivity contribution in [2.75, 3.05) is 12.8 Å². The zero-order chi connectivity index (χ0) is 15.4. The summed E-state index contributed by atoms with van der Waals surface area (Å²) < 4.78 is 25.2. The molecular formula is C15H26N2O2S. The molecule has 2 N–H and O–H groups in total. The van der Waals surface area contributed by atoms with Crippen LogP contribution in [0.5, 0.6) is 0 Å². The van der Waals surface area contributed by atoms with Crippen molar-refractivity contribution < 1.29 is 8.42 Å². The largest absolute Gasteiger partial charge is 0.308 e. The second kappa shape index (κ2) is 6.70. The molecule has 0 aromatic heterocycles. The standard InChI is InChI=1S/C15H26N2O2S/c1-6-13-7-9-14(10-8-13)12(2)16-11-15(3,4)17-20(5,18)19/h7-10,12,16-17H,6,11H2,1-5H3. The maximum absolute atomic E-state index is 11.3. The molecule has 4 nitrogen and oxygen atoms in total. The average Bonchev–Trinajstić information content (AvgIpc) is 2.33. The van der Waals surface area contributed by atoms with Gasteiger partial charge in [-0.1, -0.05) is 31.2 Å². The fourth-order valence-corrected chi connectivity index (χ4v) is 3.18. The third-order valence-corrected chi connectivity index (χ3v) is 4.12. The lowest BCUT2D eigenvalue weighted by molar-refractivity contribution is 0.399. The smallest absolute Gasteiger partial charge is 0.209 e. The first kappa shape index (κ1) is 17.1. The van der Waals surface area contributed by atoms with Crippen LogP contribution in [0, 0.1) is 0 Å². The Kier molecular flexibility index (Phi) is 5.74. The monoisotopic (exact) mass is 298 g/mol. The Hall–Kier alpha value is -0.910. The Morgan fingerprint density at radius 2 is 1.75 bits per heavy atom. The summed E-state index contributed by atoms with van der Waals surface area (Å²) in [6, 6.07) is 8.68. The molecule has 0 aliphatic carbocycles. The normalized spacial score (nSPS) is 14.2. The van der Waals surface area contributed by atoms with Crippen molar-refractivity contribution in [3.8, 4) is 0 Å². The van der Waals surface area contributed by atoms with Crippen LogP contribution >= 0.6 is 0 Å². The first-order valence-electron chi connectivity index (χ1n) is 6.94. The van der Waals surface area contributed by atoms with Crippen molar-refractivity contribution in [3.05, 3.63) is 35.4 Å². The summed E-state index contributed by atoms with van der Waals surface area (Å²) in [5.74, 6) is 0.